The van der Waals surface area contributed by atoms with Gasteiger partial charge >= 0.3 is 7.60 Å². The molecule has 0 amide bonds. The number of hydrogen-bond acceptors (Lipinski definition) is 4. The molecule has 0 aliphatic heterocycles. The Hall–Kier alpha value is -0.670. The minimum Gasteiger partial charge on any atom is -0.388 e. The summed E-state index contributed by atoms with van der Waals surface area (Å²) in [6.45, 7) is 0. The summed E-state index contributed by atoms with van der Waals surface area (Å²) in [6.07, 6.45) is -0.874. The predicted molar refractivity (Wildman–Crippen MR) is 57.9 cm³/mol. The van der Waals surface area contributed by atoms with E-state index in [1.807, 2.05) is 18.2 Å². The van der Waals surface area contributed by atoms with Crippen molar-refractivity contribution >= 4 is 7.60 Å². The van der Waals surface area contributed by atoms with Crippen LogP contribution in [0, 0.1) is 0 Å². The molecule has 0 saturated carbocycles. The highest BCUT2D eigenvalue weighted by molar-refractivity contribution is 7.53. The van der Waals surface area contributed by atoms with Crippen LogP contribution in [-0.2, 0) is 13.6 Å². The van der Waals surface area contributed by atoms with Crippen LogP contribution in [0.3, 0.4) is 0 Å². The third-order valence-corrected chi connectivity index (χ3v) is 4.04. The Kier molecular flexibility index (Phi) is 4.48. The molecule has 1 rings (SSSR count). The summed E-state index contributed by atoms with van der Waals surface area (Å²) in [5, 5.41) is 9.79. The molecular weight excluding hydrogens is 215 g/mol. The van der Waals surface area contributed by atoms with Gasteiger partial charge in [0.05, 0.1) is 12.3 Å². The number of benzene rings is 1. The molecule has 0 unspecified atom stereocenters. The highest BCUT2D eigenvalue weighted by Crippen LogP contribution is 2.49. The monoisotopic (exact) mass is 230 g/mol. The van der Waals surface area contributed by atoms with Gasteiger partial charge in [0.15, 0.2) is 0 Å². The van der Waals surface area contributed by atoms with Gasteiger partial charge in [-0.15, -0.1) is 0 Å². The van der Waals surface area contributed by atoms with Gasteiger partial charge in [-0.3, -0.25) is 4.57 Å². The summed E-state index contributed by atoms with van der Waals surface area (Å²) >= 11 is 0. The normalized spacial score (nSPS) is 13.8. The zero-order valence-electron chi connectivity index (χ0n) is 8.79. The van der Waals surface area contributed by atoms with Crippen molar-refractivity contribution in [3.63, 3.8) is 0 Å². The quantitative estimate of drug-likeness (QED) is 0.788. The van der Waals surface area contributed by atoms with E-state index in [1.165, 1.54) is 14.2 Å². The van der Waals surface area contributed by atoms with Crippen molar-refractivity contribution in [3.05, 3.63) is 35.9 Å². The Balaban J connectivity index is 2.71. The Morgan fingerprint density at radius 2 is 1.80 bits per heavy atom. The van der Waals surface area contributed by atoms with E-state index in [4.69, 9.17) is 9.05 Å². The first-order chi connectivity index (χ1) is 7.11. The number of aliphatic hydroxyl groups excluding tert-OH is 1. The molecule has 0 aliphatic carbocycles. The fourth-order valence-corrected chi connectivity index (χ4v) is 2.30. The molecule has 0 radical (unpaired) electrons. The van der Waals surface area contributed by atoms with E-state index in [-0.39, 0.29) is 6.16 Å². The van der Waals surface area contributed by atoms with Crippen molar-refractivity contribution in [2.75, 3.05) is 20.4 Å². The molecule has 1 atom stereocenters. The van der Waals surface area contributed by atoms with Crippen molar-refractivity contribution in [2.45, 2.75) is 6.10 Å². The lowest BCUT2D eigenvalue weighted by molar-refractivity contribution is 0.184. The highest BCUT2D eigenvalue weighted by Gasteiger charge is 2.26. The molecule has 1 aromatic rings. The second-order valence-electron chi connectivity index (χ2n) is 3.09. The highest BCUT2D eigenvalue weighted by atomic mass is 31.2. The molecule has 0 fully saturated rings. The fraction of sp³-hybridized carbons (Fsp3) is 0.400. The standard InChI is InChI=1S/C10H15O4P/c1-13-15(12,14-2)8-10(11)9-6-4-3-5-7-9/h3-7,10-11H,8H2,1-2H3/t10-/m1/s1. The molecule has 5 heteroatoms. The average molecular weight is 230 g/mol. The average Bonchev–Trinajstić information content (AvgIpc) is 2.30. The lowest BCUT2D eigenvalue weighted by Crippen LogP contribution is -2.06. The minimum absolute atomic E-state index is 0.0377. The second-order valence-corrected chi connectivity index (χ2v) is 5.40. The molecular formula is C10H15O4P. The van der Waals surface area contributed by atoms with Gasteiger partial charge in [0.1, 0.15) is 0 Å². The molecule has 0 spiro atoms. The molecule has 4 nitrogen and oxygen atoms in total. The first-order valence-corrected chi connectivity index (χ1v) is 6.27. The Bertz CT molecular complexity index is 331. The van der Waals surface area contributed by atoms with E-state index in [9.17, 15) is 9.67 Å². The van der Waals surface area contributed by atoms with Crippen LogP contribution in [0.4, 0.5) is 0 Å². The van der Waals surface area contributed by atoms with E-state index in [1.54, 1.807) is 12.1 Å². The fourth-order valence-electron chi connectivity index (χ4n) is 1.22. The largest absolute Gasteiger partial charge is 0.388 e. The van der Waals surface area contributed by atoms with E-state index in [2.05, 4.69) is 0 Å². The maximum Gasteiger partial charge on any atom is 0.333 e. The maximum absolute atomic E-state index is 11.7. The topological polar surface area (TPSA) is 55.8 Å². The van der Waals surface area contributed by atoms with Crippen LogP contribution in [0.5, 0.6) is 0 Å². The Morgan fingerprint density at radius 3 is 2.27 bits per heavy atom. The number of hydrogen-bond donors (Lipinski definition) is 1. The molecule has 15 heavy (non-hydrogen) atoms. The van der Waals surface area contributed by atoms with E-state index in [0.717, 1.165) is 0 Å². The third kappa shape index (κ3) is 3.43. The first kappa shape index (κ1) is 12.4. The van der Waals surface area contributed by atoms with Gasteiger partial charge in [0.25, 0.3) is 0 Å². The van der Waals surface area contributed by atoms with Crippen LogP contribution in [0.1, 0.15) is 11.7 Å². The summed E-state index contributed by atoms with van der Waals surface area (Å²) in [7, 11) is -0.538. The molecule has 0 bridgehead atoms. The van der Waals surface area contributed by atoms with Gasteiger partial charge in [-0.25, -0.2) is 0 Å². The zero-order valence-corrected chi connectivity index (χ0v) is 9.68. The van der Waals surface area contributed by atoms with E-state index < -0.39 is 13.7 Å². The third-order valence-electron chi connectivity index (χ3n) is 2.14. The number of rotatable bonds is 5. The maximum atomic E-state index is 11.7. The minimum atomic E-state index is -3.15. The van der Waals surface area contributed by atoms with Crippen molar-refractivity contribution in [2.24, 2.45) is 0 Å². The zero-order chi connectivity index (χ0) is 11.3. The lowest BCUT2D eigenvalue weighted by Gasteiger charge is -2.17. The molecule has 0 heterocycles. The van der Waals surface area contributed by atoms with Crippen molar-refractivity contribution in [1.82, 2.24) is 0 Å². The van der Waals surface area contributed by atoms with Gasteiger partial charge < -0.3 is 14.2 Å². The lowest BCUT2D eigenvalue weighted by atomic mass is 10.1. The van der Waals surface area contributed by atoms with Crippen molar-refractivity contribution in [1.29, 1.82) is 0 Å². The second kappa shape index (κ2) is 5.42. The summed E-state index contributed by atoms with van der Waals surface area (Å²) in [6, 6.07) is 9.00. The Labute approximate surface area is 89.4 Å². The Morgan fingerprint density at radius 1 is 1.27 bits per heavy atom. The van der Waals surface area contributed by atoms with Gasteiger partial charge in [0, 0.05) is 14.2 Å². The first-order valence-electron chi connectivity index (χ1n) is 4.55. The molecule has 0 aliphatic rings. The summed E-state index contributed by atoms with van der Waals surface area (Å²) in [4.78, 5) is 0. The van der Waals surface area contributed by atoms with Gasteiger partial charge in [0.2, 0.25) is 0 Å². The van der Waals surface area contributed by atoms with Crippen molar-refractivity contribution < 1.29 is 18.7 Å². The van der Waals surface area contributed by atoms with Gasteiger partial charge in [-0.1, -0.05) is 30.3 Å². The van der Waals surface area contributed by atoms with Crippen LogP contribution < -0.4 is 0 Å². The SMILES string of the molecule is COP(=O)(C[C@@H](O)c1ccccc1)OC. The van der Waals surface area contributed by atoms with Crippen LogP contribution in [0.15, 0.2) is 30.3 Å². The molecule has 1 aromatic carbocycles. The summed E-state index contributed by atoms with van der Waals surface area (Å²) in [5.74, 6) is 0. The smallest absolute Gasteiger partial charge is 0.333 e. The van der Waals surface area contributed by atoms with Crippen LogP contribution in [0.25, 0.3) is 0 Å². The van der Waals surface area contributed by atoms with Gasteiger partial charge in [-0.2, -0.15) is 0 Å². The molecule has 84 valence electrons. The van der Waals surface area contributed by atoms with E-state index in [0.29, 0.717) is 5.56 Å². The van der Waals surface area contributed by atoms with E-state index >= 15 is 0 Å². The van der Waals surface area contributed by atoms with Gasteiger partial charge in [-0.05, 0) is 5.56 Å². The predicted octanol–water partition coefficient (Wildman–Crippen LogP) is 2.21. The summed E-state index contributed by atoms with van der Waals surface area (Å²) in [5.41, 5.74) is 0.701. The molecule has 1 N–H and O–H groups in total. The van der Waals surface area contributed by atoms with Crippen molar-refractivity contribution in [3.8, 4) is 0 Å². The van der Waals surface area contributed by atoms with Crippen LogP contribution >= 0.6 is 7.60 Å². The number of aliphatic hydroxyl groups is 1. The summed E-state index contributed by atoms with van der Waals surface area (Å²) < 4.78 is 21.2. The van der Waals surface area contributed by atoms with Crippen LogP contribution in [-0.4, -0.2) is 25.5 Å². The molecule has 0 saturated heterocycles. The molecule has 0 aromatic heterocycles. The van der Waals surface area contributed by atoms with Crippen LogP contribution in [0.2, 0.25) is 0 Å².